The Kier molecular flexibility index (Phi) is 6.41. The first-order valence-electron chi connectivity index (χ1n) is 11.2. The summed E-state index contributed by atoms with van der Waals surface area (Å²) in [5, 5.41) is 17.4. The average Bonchev–Trinajstić information content (AvgIpc) is 3.42. The second kappa shape index (κ2) is 9.61. The monoisotopic (exact) mass is 482 g/mol. The van der Waals surface area contributed by atoms with Crippen molar-refractivity contribution in [2.75, 3.05) is 17.7 Å². The SMILES string of the molecule is COc1cc2c(cc1NC(=O)[C@H](C)Sc1nnc(NC3CCCCC3)s1)oc1ccccc12. The Morgan fingerprint density at radius 3 is 2.79 bits per heavy atom. The highest BCUT2D eigenvalue weighted by molar-refractivity contribution is 8.02. The average molecular weight is 483 g/mol. The molecule has 33 heavy (non-hydrogen) atoms. The maximum absolute atomic E-state index is 12.9. The molecular weight excluding hydrogens is 456 g/mol. The van der Waals surface area contributed by atoms with Gasteiger partial charge >= 0.3 is 0 Å². The topological polar surface area (TPSA) is 89.3 Å². The number of carbonyl (C=O) groups excluding carboxylic acids is 1. The smallest absolute Gasteiger partial charge is 0.237 e. The molecule has 1 fully saturated rings. The van der Waals surface area contributed by atoms with E-state index in [1.165, 1.54) is 55.2 Å². The van der Waals surface area contributed by atoms with Gasteiger partial charge in [0.2, 0.25) is 11.0 Å². The van der Waals surface area contributed by atoms with Crippen LogP contribution in [-0.4, -0.2) is 34.5 Å². The number of ether oxygens (including phenoxy) is 1. The van der Waals surface area contributed by atoms with Crippen molar-refractivity contribution in [2.24, 2.45) is 0 Å². The van der Waals surface area contributed by atoms with Crippen LogP contribution in [0, 0.1) is 0 Å². The van der Waals surface area contributed by atoms with Crippen LogP contribution in [0.5, 0.6) is 5.75 Å². The first-order chi connectivity index (χ1) is 16.1. The number of hydrogen-bond acceptors (Lipinski definition) is 8. The Morgan fingerprint density at radius 1 is 1.15 bits per heavy atom. The molecule has 0 unspecified atom stereocenters. The van der Waals surface area contributed by atoms with Gasteiger partial charge in [0.15, 0.2) is 4.34 Å². The van der Waals surface area contributed by atoms with Gasteiger partial charge in [-0.3, -0.25) is 4.79 Å². The van der Waals surface area contributed by atoms with Crippen molar-refractivity contribution in [1.82, 2.24) is 10.2 Å². The number of aromatic nitrogens is 2. The first-order valence-corrected chi connectivity index (χ1v) is 12.9. The lowest BCUT2D eigenvalue weighted by molar-refractivity contribution is -0.115. The maximum atomic E-state index is 12.9. The van der Waals surface area contributed by atoms with Crippen LogP contribution >= 0.6 is 23.1 Å². The van der Waals surface area contributed by atoms with Crippen molar-refractivity contribution >= 4 is 61.8 Å². The molecule has 2 N–H and O–H groups in total. The molecule has 1 amide bonds. The highest BCUT2D eigenvalue weighted by atomic mass is 32.2. The molecule has 1 atom stereocenters. The number of amides is 1. The minimum Gasteiger partial charge on any atom is -0.495 e. The molecule has 0 aliphatic heterocycles. The van der Waals surface area contributed by atoms with Crippen molar-refractivity contribution in [2.45, 2.75) is 54.7 Å². The van der Waals surface area contributed by atoms with Crippen LogP contribution in [0.25, 0.3) is 21.9 Å². The Labute approximate surface area is 200 Å². The van der Waals surface area contributed by atoms with Crippen molar-refractivity contribution in [3.05, 3.63) is 36.4 Å². The first kappa shape index (κ1) is 22.0. The van der Waals surface area contributed by atoms with E-state index in [1.807, 2.05) is 43.3 Å². The summed E-state index contributed by atoms with van der Waals surface area (Å²) in [4.78, 5) is 12.9. The second-order valence-electron chi connectivity index (χ2n) is 8.25. The van der Waals surface area contributed by atoms with Crippen molar-refractivity contribution in [1.29, 1.82) is 0 Å². The normalized spacial score (nSPS) is 15.6. The van der Waals surface area contributed by atoms with Crippen LogP contribution < -0.4 is 15.4 Å². The van der Waals surface area contributed by atoms with E-state index in [1.54, 1.807) is 7.11 Å². The molecule has 0 saturated heterocycles. The lowest BCUT2D eigenvalue weighted by atomic mass is 9.96. The summed E-state index contributed by atoms with van der Waals surface area (Å²) < 4.78 is 12.3. The lowest BCUT2D eigenvalue weighted by Gasteiger charge is -2.21. The highest BCUT2D eigenvalue weighted by Gasteiger charge is 2.21. The van der Waals surface area contributed by atoms with E-state index in [0.29, 0.717) is 23.1 Å². The number of thioether (sulfide) groups is 1. The van der Waals surface area contributed by atoms with E-state index >= 15 is 0 Å². The Bertz CT molecular complexity index is 1280. The zero-order chi connectivity index (χ0) is 22.8. The van der Waals surface area contributed by atoms with E-state index in [-0.39, 0.29) is 11.2 Å². The fourth-order valence-corrected chi connectivity index (χ4v) is 6.17. The summed E-state index contributed by atoms with van der Waals surface area (Å²) >= 11 is 2.90. The fourth-order valence-electron chi connectivity index (χ4n) is 4.19. The van der Waals surface area contributed by atoms with Gasteiger partial charge in [0.05, 0.1) is 18.0 Å². The van der Waals surface area contributed by atoms with E-state index in [4.69, 9.17) is 9.15 Å². The van der Waals surface area contributed by atoms with Gasteiger partial charge in [0.1, 0.15) is 16.9 Å². The molecule has 2 aromatic heterocycles. The number of para-hydroxylation sites is 1. The van der Waals surface area contributed by atoms with Gasteiger partial charge in [-0.15, -0.1) is 10.2 Å². The molecule has 0 bridgehead atoms. The predicted molar refractivity (Wildman–Crippen MR) is 135 cm³/mol. The van der Waals surface area contributed by atoms with E-state index < -0.39 is 0 Å². The largest absolute Gasteiger partial charge is 0.495 e. The number of benzene rings is 2. The Morgan fingerprint density at radius 2 is 1.97 bits per heavy atom. The Hall–Kier alpha value is -2.78. The van der Waals surface area contributed by atoms with E-state index in [2.05, 4.69) is 20.8 Å². The number of nitrogens with zero attached hydrogens (tertiary/aromatic N) is 2. The highest BCUT2D eigenvalue weighted by Crippen LogP contribution is 2.37. The molecule has 7 nitrogen and oxygen atoms in total. The number of furan rings is 1. The zero-order valence-corrected chi connectivity index (χ0v) is 20.2. The minimum absolute atomic E-state index is 0.134. The molecule has 172 valence electrons. The number of nitrogens with one attached hydrogen (secondary N) is 2. The zero-order valence-electron chi connectivity index (χ0n) is 18.6. The van der Waals surface area contributed by atoms with Crippen LogP contribution in [0.2, 0.25) is 0 Å². The number of carbonyl (C=O) groups is 1. The molecule has 4 aromatic rings. The molecule has 1 saturated carbocycles. The molecule has 2 heterocycles. The standard InChI is InChI=1S/C24H26N4O3S2/c1-14(32-24-28-27-23(33-24)25-15-8-4-3-5-9-15)22(29)26-18-13-20-17(12-21(18)30-2)16-10-6-7-11-19(16)31-20/h6-7,10-15H,3-5,8-9H2,1-2H3,(H,25,27)(H,26,29)/t14-/m0/s1. The van der Waals surface area contributed by atoms with Crippen LogP contribution in [0.4, 0.5) is 10.8 Å². The number of fused-ring (bicyclic) bond motifs is 3. The lowest BCUT2D eigenvalue weighted by Crippen LogP contribution is -2.22. The third kappa shape index (κ3) is 4.79. The number of hydrogen-bond donors (Lipinski definition) is 2. The third-order valence-corrected chi connectivity index (χ3v) is 7.98. The molecule has 1 aliphatic rings. The van der Waals surface area contributed by atoms with E-state index in [9.17, 15) is 4.79 Å². The molecule has 2 aromatic carbocycles. The van der Waals surface area contributed by atoms with E-state index in [0.717, 1.165) is 25.8 Å². The maximum Gasteiger partial charge on any atom is 0.237 e. The number of rotatable bonds is 7. The molecule has 9 heteroatoms. The molecule has 1 aliphatic carbocycles. The van der Waals surface area contributed by atoms with Crippen LogP contribution in [0.15, 0.2) is 45.2 Å². The summed E-state index contributed by atoms with van der Waals surface area (Å²) in [5.41, 5.74) is 2.09. The molecule has 0 radical (unpaired) electrons. The van der Waals surface area contributed by atoms with Gasteiger partial charge in [0.25, 0.3) is 0 Å². The van der Waals surface area contributed by atoms with Gasteiger partial charge in [-0.1, -0.05) is 60.6 Å². The van der Waals surface area contributed by atoms with Crippen molar-refractivity contribution in [3.8, 4) is 5.75 Å². The second-order valence-corrected chi connectivity index (χ2v) is 10.8. The van der Waals surface area contributed by atoms with Crippen LogP contribution in [0.1, 0.15) is 39.0 Å². The summed E-state index contributed by atoms with van der Waals surface area (Å²) in [6.07, 6.45) is 6.20. The van der Waals surface area contributed by atoms with Gasteiger partial charge < -0.3 is 19.8 Å². The minimum atomic E-state index is -0.350. The van der Waals surface area contributed by atoms with Crippen molar-refractivity contribution in [3.63, 3.8) is 0 Å². The number of methoxy groups -OCH3 is 1. The molecule has 0 spiro atoms. The van der Waals surface area contributed by atoms with Gasteiger partial charge in [-0.25, -0.2) is 0 Å². The van der Waals surface area contributed by atoms with Gasteiger partial charge in [-0.05, 0) is 31.9 Å². The predicted octanol–water partition coefficient (Wildman–Crippen LogP) is 6.31. The van der Waals surface area contributed by atoms with Gasteiger partial charge in [-0.2, -0.15) is 0 Å². The Balaban J connectivity index is 1.27. The fraction of sp³-hybridized carbons (Fsp3) is 0.375. The van der Waals surface area contributed by atoms with Gasteiger partial charge in [0, 0.05) is 22.9 Å². The molecular formula is C24H26N4O3S2. The third-order valence-electron chi connectivity index (χ3n) is 5.94. The van der Waals surface area contributed by atoms with Crippen LogP contribution in [-0.2, 0) is 4.79 Å². The summed E-state index contributed by atoms with van der Waals surface area (Å²) in [7, 11) is 1.60. The summed E-state index contributed by atoms with van der Waals surface area (Å²) in [5.74, 6) is 0.459. The van der Waals surface area contributed by atoms with Crippen LogP contribution in [0.3, 0.4) is 0 Å². The summed E-state index contributed by atoms with van der Waals surface area (Å²) in [6.45, 7) is 1.86. The van der Waals surface area contributed by atoms with Crippen molar-refractivity contribution < 1.29 is 13.9 Å². The number of anilines is 2. The molecule has 5 rings (SSSR count). The summed E-state index contributed by atoms with van der Waals surface area (Å²) in [6, 6.07) is 12.1. The quantitative estimate of drug-likeness (QED) is 0.298.